The Kier molecular flexibility index (Phi) is 7.49. The zero-order valence-corrected chi connectivity index (χ0v) is 30.4. The van der Waals surface area contributed by atoms with Crippen LogP contribution in [0.3, 0.4) is 0 Å². The van der Waals surface area contributed by atoms with Gasteiger partial charge in [-0.1, -0.05) is 194 Å². The van der Waals surface area contributed by atoms with Crippen molar-refractivity contribution in [2.75, 3.05) is 0 Å². The third-order valence-electron chi connectivity index (χ3n) is 11.1. The first kappa shape index (κ1) is 32.0. The molecule has 0 amide bonds. The third-order valence-corrected chi connectivity index (χ3v) is 11.1. The van der Waals surface area contributed by atoms with E-state index in [1.807, 2.05) is 18.2 Å². The average Bonchev–Trinajstić information content (AvgIpc) is 3.28. The molecule has 0 fully saturated rings. The normalized spacial score (nSPS) is 11.6. The van der Waals surface area contributed by atoms with Gasteiger partial charge in [0.1, 0.15) is 0 Å². The summed E-state index contributed by atoms with van der Waals surface area (Å²) in [5, 5.41) is 12.4. The van der Waals surface area contributed by atoms with Gasteiger partial charge < -0.3 is 0 Å². The molecule has 3 nitrogen and oxygen atoms in total. The molecule has 0 spiro atoms. The summed E-state index contributed by atoms with van der Waals surface area (Å²) in [6, 6.07) is 71.1. The summed E-state index contributed by atoms with van der Waals surface area (Å²) < 4.78 is 0. The maximum Gasteiger partial charge on any atom is 0.164 e. The van der Waals surface area contributed by atoms with Gasteiger partial charge >= 0.3 is 0 Å². The molecule has 0 aliphatic heterocycles. The fourth-order valence-electron chi connectivity index (χ4n) is 8.52. The van der Waals surface area contributed by atoms with Crippen LogP contribution in [0.25, 0.3) is 110 Å². The van der Waals surface area contributed by atoms with Crippen molar-refractivity contribution in [1.82, 2.24) is 15.0 Å². The lowest BCUT2D eigenvalue weighted by atomic mass is 9.86. The summed E-state index contributed by atoms with van der Waals surface area (Å²) >= 11 is 0. The third kappa shape index (κ3) is 5.25. The van der Waals surface area contributed by atoms with Crippen molar-refractivity contribution in [2.45, 2.75) is 0 Å². The van der Waals surface area contributed by atoms with E-state index in [0.29, 0.717) is 17.5 Å². The predicted molar refractivity (Wildman–Crippen MR) is 235 cm³/mol. The van der Waals surface area contributed by atoms with E-state index in [2.05, 4.69) is 182 Å². The minimum atomic E-state index is 0.633. The molecular formula is C53H33N3. The second kappa shape index (κ2) is 13.1. The lowest BCUT2D eigenvalue weighted by Crippen LogP contribution is -2.01. The van der Waals surface area contributed by atoms with Gasteiger partial charge in [-0.25, -0.2) is 15.0 Å². The van der Waals surface area contributed by atoms with Gasteiger partial charge in [-0.3, -0.25) is 0 Å². The highest BCUT2D eigenvalue weighted by Crippen LogP contribution is 2.44. The molecule has 11 aromatic rings. The zero-order chi connectivity index (χ0) is 37.0. The molecule has 1 aromatic heterocycles. The standard InChI is InChI=1S/C53H33N3/c1-2-16-36(17-3-1)51-54-52(37-31-29-35(30-32-37)39-28-14-18-34-15-4-5-19-38(34)39)56-53(55-51)47-27-13-10-24-44(47)48-33-49-42-22-7-6-20-40(42)41-21-8-11-25-45(41)50(49)46-26-12-9-23-43(46)48/h1-33H. The summed E-state index contributed by atoms with van der Waals surface area (Å²) in [4.78, 5) is 15.5. The van der Waals surface area contributed by atoms with Gasteiger partial charge in [0.25, 0.3) is 0 Å². The summed E-state index contributed by atoms with van der Waals surface area (Å²) in [7, 11) is 0. The van der Waals surface area contributed by atoms with E-state index in [9.17, 15) is 0 Å². The topological polar surface area (TPSA) is 38.7 Å². The number of aromatic nitrogens is 3. The highest BCUT2D eigenvalue weighted by molar-refractivity contribution is 6.33. The Morgan fingerprint density at radius 2 is 0.679 bits per heavy atom. The van der Waals surface area contributed by atoms with Gasteiger partial charge in [-0.05, 0) is 82.2 Å². The first-order chi connectivity index (χ1) is 27.8. The fraction of sp³-hybridized carbons (Fsp3) is 0. The Balaban J connectivity index is 1.13. The number of rotatable bonds is 5. The van der Waals surface area contributed by atoms with E-state index >= 15 is 0 Å². The summed E-state index contributed by atoms with van der Waals surface area (Å²) in [6.07, 6.45) is 0. The molecule has 0 radical (unpaired) electrons. The Morgan fingerprint density at radius 1 is 0.232 bits per heavy atom. The molecule has 1 heterocycles. The van der Waals surface area contributed by atoms with Gasteiger partial charge in [0.05, 0.1) is 0 Å². The Hall–Kier alpha value is -7.49. The largest absolute Gasteiger partial charge is 0.208 e. The molecule has 0 aliphatic carbocycles. The molecule has 11 rings (SSSR count). The monoisotopic (exact) mass is 711 g/mol. The molecule has 260 valence electrons. The van der Waals surface area contributed by atoms with Gasteiger partial charge in [0.2, 0.25) is 0 Å². The first-order valence-electron chi connectivity index (χ1n) is 19.0. The highest BCUT2D eigenvalue weighted by Gasteiger charge is 2.20. The van der Waals surface area contributed by atoms with E-state index in [4.69, 9.17) is 15.0 Å². The van der Waals surface area contributed by atoms with Gasteiger partial charge in [-0.2, -0.15) is 0 Å². The lowest BCUT2D eigenvalue weighted by molar-refractivity contribution is 1.07. The number of nitrogens with zero attached hydrogens (tertiary/aromatic N) is 3. The Bertz CT molecular complexity index is 3290. The van der Waals surface area contributed by atoms with E-state index in [1.165, 1.54) is 59.4 Å². The number of hydrogen-bond acceptors (Lipinski definition) is 3. The molecule has 0 bridgehead atoms. The van der Waals surface area contributed by atoms with Crippen LogP contribution in [0, 0.1) is 0 Å². The molecule has 3 heteroatoms. The molecule has 0 atom stereocenters. The van der Waals surface area contributed by atoms with Crippen LogP contribution < -0.4 is 0 Å². The lowest BCUT2D eigenvalue weighted by Gasteiger charge is -2.18. The number of fused-ring (bicyclic) bond motifs is 9. The van der Waals surface area contributed by atoms with Crippen molar-refractivity contribution < 1.29 is 0 Å². The second-order valence-electron chi connectivity index (χ2n) is 14.3. The minimum Gasteiger partial charge on any atom is -0.208 e. The van der Waals surface area contributed by atoms with Crippen LogP contribution in [0.5, 0.6) is 0 Å². The molecule has 0 saturated heterocycles. The molecule has 0 saturated carbocycles. The molecule has 0 unspecified atom stereocenters. The molecule has 0 N–H and O–H groups in total. The Morgan fingerprint density at radius 3 is 1.39 bits per heavy atom. The van der Waals surface area contributed by atoms with E-state index in [-0.39, 0.29) is 0 Å². The molecule has 10 aromatic carbocycles. The van der Waals surface area contributed by atoms with Crippen LogP contribution in [0.2, 0.25) is 0 Å². The van der Waals surface area contributed by atoms with Crippen molar-refractivity contribution in [1.29, 1.82) is 0 Å². The van der Waals surface area contributed by atoms with Gasteiger partial charge in [-0.15, -0.1) is 0 Å². The summed E-state index contributed by atoms with van der Waals surface area (Å²) in [5.74, 6) is 1.91. The smallest absolute Gasteiger partial charge is 0.164 e. The van der Waals surface area contributed by atoms with Crippen LogP contribution in [-0.4, -0.2) is 15.0 Å². The van der Waals surface area contributed by atoms with Crippen molar-refractivity contribution in [3.8, 4) is 56.4 Å². The quantitative estimate of drug-likeness (QED) is 0.167. The van der Waals surface area contributed by atoms with Gasteiger partial charge in [0, 0.05) is 16.7 Å². The van der Waals surface area contributed by atoms with Crippen LogP contribution in [-0.2, 0) is 0 Å². The average molecular weight is 712 g/mol. The zero-order valence-electron chi connectivity index (χ0n) is 30.4. The predicted octanol–water partition coefficient (Wildman–Crippen LogP) is 14.0. The molecule has 0 aliphatic rings. The van der Waals surface area contributed by atoms with Crippen LogP contribution in [0.1, 0.15) is 0 Å². The van der Waals surface area contributed by atoms with Crippen molar-refractivity contribution >= 4 is 53.9 Å². The van der Waals surface area contributed by atoms with E-state index < -0.39 is 0 Å². The number of hydrogen-bond donors (Lipinski definition) is 0. The minimum absolute atomic E-state index is 0.633. The fourth-order valence-corrected chi connectivity index (χ4v) is 8.52. The number of benzene rings is 10. The summed E-state index contributed by atoms with van der Waals surface area (Å²) in [6.45, 7) is 0. The van der Waals surface area contributed by atoms with Crippen molar-refractivity contribution in [2.24, 2.45) is 0 Å². The molecule has 56 heavy (non-hydrogen) atoms. The maximum absolute atomic E-state index is 5.25. The Labute approximate surface area is 324 Å². The summed E-state index contributed by atoms with van der Waals surface area (Å²) in [5.41, 5.74) is 7.40. The highest BCUT2D eigenvalue weighted by atomic mass is 15.0. The molecular weight excluding hydrogens is 679 g/mol. The van der Waals surface area contributed by atoms with E-state index in [0.717, 1.165) is 33.4 Å². The first-order valence-corrected chi connectivity index (χ1v) is 19.0. The van der Waals surface area contributed by atoms with Gasteiger partial charge in [0.15, 0.2) is 17.5 Å². The van der Waals surface area contributed by atoms with E-state index in [1.54, 1.807) is 0 Å². The van der Waals surface area contributed by atoms with Crippen LogP contribution in [0.15, 0.2) is 200 Å². The maximum atomic E-state index is 5.25. The van der Waals surface area contributed by atoms with Crippen molar-refractivity contribution in [3.05, 3.63) is 200 Å². The SMILES string of the molecule is c1ccc(-c2nc(-c3ccc(-c4cccc5ccccc45)cc3)nc(-c3ccccc3-c3cc4c5ccccc5c5ccccc5c4c4ccccc34)n2)cc1. The van der Waals surface area contributed by atoms with Crippen molar-refractivity contribution in [3.63, 3.8) is 0 Å². The van der Waals surface area contributed by atoms with Crippen LogP contribution >= 0.6 is 0 Å². The second-order valence-corrected chi connectivity index (χ2v) is 14.3. The van der Waals surface area contributed by atoms with Crippen LogP contribution in [0.4, 0.5) is 0 Å².